The third-order valence-corrected chi connectivity index (χ3v) is 6.50. The number of pyridine rings is 1. The molecule has 2 heterocycles. The number of nitrogens with zero attached hydrogens (tertiary/aromatic N) is 2. The molecule has 0 spiro atoms. The minimum Gasteiger partial charge on any atom is -0.376 e. The Labute approximate surface area is 205 Å². The molecule has 0 unspecified atom stereocenters. The summed E-state index contributed by atoms with van der Waals surface area (Å²) in [5.41, 5.74) is 6.66. The number of fused-ring (bicyclic) bond motifs is 2. The molecule has 0 saturated carbocycles. The molecule has 0 radical (unpaired) electrons. The average molecular weight is 465 g/mol. The van der Waals surface area contributed by atoms with Crippen LogP contribution in [0.4, 0.5) is 17.1 Å². The Morgan fingerprint density at radius 2 is 1.71 bits per heavy atom. The van der Waals surface area contributed by atoms with Crippen LogP contribution in [0, 0.1) is 0 Å². The third-order valence-electron chi connectivity index (χ3n) is 6.50. The van der Waals surface area contributed by atoms with Crippen molar-refractivity contribution >= 4 is 39.8 Å². The number of nitrogens with one attached hydrogen (secondary N) is 2. The molecule has 3 aromatic carbocycles. The van der Waals surface area contributed by atoms with Gasteiger partial charge in [-0.25, -0.2) is 0 Å². The predicted molar refractivity (Wildman–Crippen MR) is 142 cm³/mol. The molecule has 6 nitrogen and oxygen atoms in total. The van der Waals surface area contributed by atoms with Crippen LogP contribution in [-0.4, -0.2) is 22.8 Å². The maximum absolute atomic E-state index is 12.6. The summed E-state index contributed by atoms with van der Waals surface area (Å²) in [5, 5.41) is 7.66. The van der Waals surface area contributed by atoms with Gasteiger partial charge < -0.3 is 15.5 Å². The van der Waals surface area contributed by atoms with Gasteiger partial charge in [-0.15, -0.1) is 0 Å². The van der Waals surface area contributed by atoms with Crippen LogP contribution >= 0.6 is 0 Å². The summed E-state index contributed by atoms with van der Waals surface area (Å²) < 4.78 is 0. The first-order valence-corrected chi connectivity index (χ1v) is 11.8. The van der Waals surface area contributed by atoms with Crippen molar-refractivity contribution in [3.63, 3.8) is 0 Å². The van der Waals surface area contributed by atoms with E-state index in [2.05, 4.69) is 46.8 Å². The molecule has 2 atom stereocenters. The molecule has 176 valence electrons. The van der Waals surface area contributed by atoms with E-state index in [1.54, 1.807) is 6.92 Å². The van der Waals surface area contributed by atoms with Crippen LogP contribution in [0.15, 0.2) is 79.0 Å². The van der Waals surface area contributed by atoms with E-state index in [1.165, 1.54) is 6.92 Å². The van der Waals surface area contributed by atoms with Gasteiger partial charge >= 0.3 is 0 Å². The predicted octanol–water partition coefficient (Wildman–Crippen LogP) is 6.16. The highest BCUT2D eigenvalue weighted by Crippen LogP contribution is 2.42. The zero-order valence-electron chi connectivity index (χ0n) is 20.1. The van der Waals surface area contributed by atoms with Crippen molar-refractivity contribution in [2.24, 2.45) is 0 Å². The van der Waals surface area contributed by atoms with E-state index in [0.29, 0.717) is 0 Å². The number of benzene rings is 3. The second kappa shape index (κ2) is 9.22. The van der Waals surface area contributed by atoms with E-state index in [4.69, 9.17) is 0 Å². The third kappa shape index (κ3) is 4.47. The number of amides is 2. The van der Waals surface area contributed by atoms with Gasteiger partial charge in [-0.1, -0.05) is 36.4 Å². The minimum absolute atomic E-state index is 0.00156. The van der Waals surface area contributed by atoms with Gasteiger partial charge in [0.05, 0.1) is 17.2 Å². The fourth-order valence-electron chi connectivity index (χ4n) is 5.05. The summed E-state index contributed by atoms with van der Waals surface area (Å²) >= 11 is 0. The topological polar surface area (TPSA) is 74.3 Å². The van der Waals surface area contributed by atoms with Crippen molar-refractivity contribution in [1.82, 2.24) is 4.98 Å². The Morgan fingerprint density at radius 1 is 0.943 bits per heavy atom. The number of rotatable bonds is 4. The van der Waals surface area contributed by atoms with Crippen LogP contribution in [0.2, 0.25) is 0 Å². The quantitative estimate of drug-likeness (QED) is 0.379. The van der Waals surface area contributed by atoms with Crippen molar-refractivity contribution in [2.75, 3.05) is 15.5 Å². The van der Waals surface area contributed by atoms with Crippen LogP contribution in [0.25, 0.3) is 22.0 Å². The van der Waals surface area contributed by atoms with Gasteiger partial charge in [-0.2, -0.15) is 0 Å². The Hall–Kier alpha value is -4.19. The lowest BCUT2D eigenvalue weighted by Crippen LogP contribution is -2.43. The van der Waals surface area contributed by atoms with Crippen LogP contribution in [-0.2, 0) is 9.59 Å². The number of para-hydroxylation sites is 1. The van der Waals surface area contributed by atoms with E-state index in [-0.39, 0.29) is 23.9 Å². The fourth-order valence-corrected chi connectivity index (χ4v) is 5.05. The largest absolute Gasteiger partial charge is 0.376 e. The van der Waals surface area contributed by atoms with Gasteiger partial charge in [0.15, 0.2) is 0 Å². The molecule has 1 aliphatic rings. The molecule has 2 N–H and O–H groups in total. The molecular weight excluding hydrogens is 436 g/mol. The number of carbonyl (C=O) groups excluding carboxylic acids is 2. The molecule has 0 aliphatic carbocycles. The maximum Gasteiger partial charge on any atom is 0.224 e. The van der Waals surface area contributed by atoms with Crippen LogP contribution in [0.5, 0.6) is 0 Å². The molecule has 0 saturated heterocycles. The molecule has 4 aromatic rings. The standard InChI is InChI=1S/C29H28N4O2/c1-18-15-27(32-26-11-5-7-21-9-6-14-30-29(21)26)25-17-23(12-13-28(25)33(18)20(3)35)22-8-4-10-24(16-22)31-19(2)34/h4-14,16-18,27,32H,15H2,1-3H3,(H,31,34)/t18-,27+/m0/s1. The number of aromatic nitrogens is 1. The summed E-state index contributed by atoms with van der Waals surface area (Å²) in [6, 6.07) is 24.2. The van der Waals surface area contributed by atoms with E-state index in [9.17, 15) is 9.59 Å². The second-order valence-electron chi connectivity index (χ2n) is 9.09. The Morgan fingerprint density at radius 3 is 2.51 bits per heavy atom. The lowest BCUT2D eigenvalue weighted by molar-refractivity contribution is -0.117. The van der Waals surface area contributed by atoms with Crippen molar-refractivity contribution in [3.05, 3.63) is 84.6 Å². The van der Waals surface area contributed by atoms with Crippen LogP contribution in [0.1, 0.15) is 38.8 Å². The summed E-state index contributed by atoms with van der Waals surface area (Å²) in [5.74, 6) is -0.0731. The minimum atomic E-state index is -0.105. The Kier molecular flexibility index (Phi) is 5.95. The zero-order valence-corrected chi connectivity index (χ0v) is 20.1. The number of hydrogen-bond acceptors (Lipinski definition) is 4. The highest BCUT2D eigenvalue weighted by molar-refractivity contribution is 5.95. The first kappa shape index (κ1) is 22.6. The maximum atomic E-state index is 12.6. The van der Waals surface area contributed by atoms with Gasteiger partial charge in [-0.05, 0) is 66.4 Å². The molecule has 6 heteroatoms. The number of anilines is 3. The van der Waals surface area contributed by atoms with E-state index < -0.39 is 0 Å². The zero-order chi connectivity index (χ0) is 24.5. The van der Waals surface area contributed by atoms with Crippen LogP contribution in [0.3, 0.4) is 0 Å². The molecular formula is C29H28N4O2. The van der Waals surface area contributed by atoms with Crippen molar-refractivity contribution in [2.45, 2.75) is 39.3 Å². The number of carbonyl (C=O) groups is 2. The van der Waals surface area contributed by atoms with Crippen molar-refractivity contribution in [1.29, 1.82) is 0 Å². The SMILES string of the molecule is CC(=O)Nc1cccc(-c2ccc3c(c2)[C@H](Nc2cccc4cccnc24)C[C@H](C)N3C(C)=O)c1. The van der Waals surface area contributed by atoms with E-state index in [1.807, 2.05) is 59.6 Å². The van der Waals surface area contributed by atoms with Crippen molar-refractivity contribution < 1.29 is 9.59 Å². The highest BCUT2D eigenvalue weighted by atomic mass is 16.2. The Bertz CT molecular complexity index is 1430. The molecule has 35 heavy (non-hydrogen) atoms. The van der Waals surface area contributed by atoms with E-state index in [0.717, 1.165) is 51.1 Å². The van der Waals surface area contributed by atoms with Gasteiger partial charge in [0, 0.05) is 42.8 Å². The molecule has 0 bridgehead atoms. The second-order valence-corrected chi connectivity index (χ2v) is 9.09. The summed E-state index contributed by atoms with van der Waals surface area (Å²) in [7, 11) is 0. The van der Waals surface area contributed by atoms with Crippen LogP contribution < -0.4 is 15.5 Å². The molecule has 0 fully saturated rings. The van der Waals surface area contributed by atoms with Gasteiger partial charge in [0.2, 0.25) is 11.8 Å². The monoisotopic (exact) mass is 464 g/mol. The molecule has 5 rings (SSSR count). The summed E-state index contributed by atoms with van der Waals surface area (Å²) in [6.45, 7) is 5.21. The van der Waals surface area contributed by atoms with Gasteiger partial charge in [-0.3, -0.25) is 14.6 Å². The Balaban J connectivity index is 1.59. The van der Waals surface area contributed by atoms with Gasteiger partial charge in [0.25, 0.3) is 0 Å². The first-order chi connectivity index (χ1) is 16.9. The molecule has 1 aliphatic heterocycles. The lowest BCUT2D eigenvalue weighted by Gasteiger charge is -2.40. The smallest absolute Gasteiger partial charge is 0.224 e. The molecule has 1 aromatic heterocycles. The molecule has 2 amide bonds. The fraction of sp³-hybridized carbons (Fsp3) is 0.207. The number of hydrogen-bond donors (Lipinski definition) is 2. The summed E-state index contributed by atoms with van der Waals surface area (Å²) in [6.07, 6.45) is 2.58. The lowest BCUT2D eigenvalue weighted by atomic mass is 9.88. The van der Waals surface area contributed by atoms with Gasteiger partial charge in [0.1, 0.15) is 0 Å². The average Bonchev–Trinajstić information content (AvgIpc) is 2.83. The first-order valence-electron chi connectivity index (χ1n) is 11.8. The van der Waals surface area contributed by atoms with E-state index >= 15 is 0 Å². The van der Waals surface area contributed by atoms with Crippen molar-refractivity contribution in [3.8, 4) is 11.1 Å². The normalized spacial score (nSPS) is 17.1. The highest BCUT2D eigenvalue weighted by Gasteiger charge is 2.33. The summed E-state index contributed by atoms with van der Waals surface area (Å²) in [4.78, 5) is 30.6.